The monoisotopic (exact) mass is 182 g/mol. The first-order chi connectivity index (χ1) is 5.84. The maximum absolute atomic E-state index is 11.3. The van der Waals surface area contributed by atoms with Crippen LogP contribution in [0.2, 0.25) is 0 Å². The van der Waals surface area contributed by atoms with Gasteiger partial charge in [0.1, 0.15) is 5.69 Å². The van der Waals surface area contributed by atoms with Gasteiger partial charge in [-0.1, -0.05) is 6.92 Å². The van der Waals surface area contributed by atoms with Crippen LogP contribution in [0.3, 0.4) is 0 Å². The highest BCUT2D eigenvalue weighted by Gasteiger charge is 2.05. The van der Waals surface area contributed by atoms with E-state index in [9.17, 15) is 4.79 Å². The minimum atomic E-state index is 0.0509. The standard InChI is InChI=1S/C8H10N2OS/c1-2-12-6-8(11)7-5-9-3-4-10-7/h3-5H,2,6H2,1H3. The summed E-state index contributed by atoms with van der Waals surface area (Å²) in [6.45, 7) is 2.02. The Morgan fingerprint density at radius 3 is 3.00 bits per heavy atom. The molecular formula is C8H10N2OS. The number of carbonyl (C=O) groups excluding carboxylic acids is 1. The molecule has 0 aliphatic heterocycles. The van der Waals surface area contributed by atoms with Crippen LogP contribution in [0.15, 0.2) is 18.6 Å². The highest BCUT2D eigenvalue weighted by molar-refractivity contribution is 7.99. The third kappa shape index (κ3) is 2.62. The average Bonchev–Trinajstić information content (AvgIpc) is 2.15. The van der Waals surface area contributed by atoms with Gasteiger partial charge >= 0.3 is 0 Å². The number of rotatable bonds is 4. The van der Waals surface area contributed by atoms with E-state index < -0.39 is 0 Å². The van der Waals surface area contributed by atoms with Crippen molar-refractivity contribution < 1.29 is 4.79 Å². The SMILES string of the molecule is CCSCC(=O)c1cnccn1. The fourth-order valence-corrected chi connectivity index (χ4v) is 1.25. The van der Waals surface area contributed by atoms with Crippen LogP contribution in [0.4, 0.5) is 0 Å². The highest BCUT2D eigenvalue weighted by Crippen LogP contribution is 2.02. The predicted molar refractivity (Wildman–Crippen MR) is 49.4 cm³/mol. The Kier molecular flexibility index (Phi) is 3.73. The van der Waals surface area contributed by atoms with Gasteiger partial charge < -0.3 is 0 Å². The molecule has 0 fully saturated rings. The zero-order valence-corrected chi connectivity index (χ0v) is 7.67. The molecule has 1 rings (SSSR count). The molecule has 0 aliphatic rings. The Labute approximate surface area is 75.6 Å². The second-order valence-corrected chi connectivity index (χ2v) is 3.43. The van der Waals surface area contributed by atoms with Crippen LogP contribution in [0.5, 0.6) is 0 Å². The van der Waals surface area contributed by atoms with Gasteiger partial charge in [-0.05, 0) is 5.75 Å². The summed E-state index contributed by atoms with van der Waals surface area (Å²) in [4.78, 5) is 19.0. The molecule has 0 saturated heterocycles. The molecule has 0 radical (unpaired) electrons. The van der Waals surface area contributed by atoms with Gasteiger partial charge in [-0.2, -0.15) is 11.8 Å². The van der Waals surface area contributed by atoms with Crippen molar-refractivity contribution in [1.29, 1.82) is 0 Å². The molecule has 0 amide bonds. The minimum absolute atomic E-state index is 0.0509. The fourth-order valence-electron chi connectivity index (χ4n) is 0.712. The van der Waals surface area contributed by atoms with E-state index in [1.54, 1.807) is 18.0 Å². The largest absolute Gasteiger partial charge is 0.291 e. The predicted octanol–water partition coefficient (Wildman–Crippen LogP) is 1.41. The van der Waals surface area contributed by atoms with Crippen molar-refractivity contribution in [3.05, 3.63) is 24.3 Å². The summed E-state index contributed by atoms with van der Waals surface area (Å²) in [5.41, 5.74) is 0.457. The van der Waals surface area contributed by atoms with Gasteiger partial charge in [0.2, 0.25) is 0 Å². The molecule has 0 bridgehead atoms. The van der Waals surface area contributed by atoms with Gasteiger partial charge in [-0.15, -0.1) is 0 Å². The number of nitrogens with zero attached hydrogens (tertiary/aromatic N) is 2. The molecule has 1 aromatic rings. The normalized spacial score (nSPS) is 9.75. The van der Waals surface area contributed by atoms with Gasteiger partial charge in [0.25, 0.3) is 0 Å². The van der Waals surface area contributed by atoms with Crippen molar-refractivity contribution in [3.8, 4) is 0 Å². The second-order valence-electron chi connectivity index (χ2n) is 2.15. The minimum Gasteiger partial charge on any atom is -0.291 e. The molecule has 0 aliphatic carbocycles. The van der Waals surface area contributed by atoms with Crippen LogP contribution >= 0.6 is 11.8 Å². The number of hydrogen-bond donors (Lipinski definition) is 0. The molecule has 0 spiro atoms. The Balaban J connectivity index is 2.54. The number of ketones is 1. The number of carbonyl (C=O) groups is 1. The molecule has 3 nitrogen and oxygen atoms in total. The number of thioether (sulfide) groups is 1. The molecule has 0 aromatic carbocycles. The lowest BCUT2D eigenvalue weighted by Gasteiger charge is -1.96. The molecule has 0 saturated carbocycles. The first kappa shape index (κ1) is 9.19. The van der Waals surface area contributed by atoms with Crippen LogP contribution in [0.25, 0.3) is 0 Å². The Morgan fingerprint density at radius 1 is 1.58 bits per heavy atom. The van der Waals surface area contributed by atoms with Crippen molar-refractivity contribution in [2.45, 2.75) is 6.92 Å². The molecule has 4 heteroatoms. The van der Waals surface area contributed by atoms with E-state index in [1.807, 2.05) is 6.92 Å². The molecule has 0 unspecified atom stereocenters. The summed E-state index contributed by atoms with van der Waals surface area (Å²) in [5, 5.41) is 0. The Hall–Kier alpha value is -0.900. The molecule has 64 valence electrons. The lowest BCUT2D eigenvalue weighted by molar-refractivity contribution is 0.101. The Morgan fingerprint density at radius 2 is 2.42 bits per heavy atom. The van der Waals surface area contributed by atoms with Crippen molar-refractivity contribution in [2.75, 3.05) is 11.5 Å². The van der Waals surface area contributed by atoms with Crippen molar-refractivity contribution in [3.63, 3.8) is 0 Å². The molecule has 0 N–H and O–H groups in total. The quantitative estimate of drug-likeness (QED) is 0.660. The molecule has 1 aromatic heterocycles. The fraction of sp³-hybridized carbons (Fsp3) is 0.375. The zero-order valence-electron chi connectivity index (χ0n) is 6.86. The van der Waals surface area contributed by atoms with Crippen LogP contribution in [-0.2, 0) is 0 Å². The maximum Gasteiger partial charge on any atom is 0.192 e. The summed E-state index contributed by atoms with van der Waals surface area (Å²) in [6, 6.07) is 0. The summed E-state index contributed by atoms with van der Waals surface area (Å²) in [6.07, 6.45) is 4.59. The van der Waals surface area contributed by atoms with Gasteiger partial charge in [0, 0.05) is 12.4 Å². The van der Waals surface area contributed by atoms with E-state index in [0.29, 0.717) is 11.4 Å². The first-order valence-corrected chi connectivity index (χ1v) is 4.87. The van der Waals surface area contributed by atoms with E-state index in [2.05, 4.69) is 9.97 Å². The first-order valence-electron chi connectivity index (χ1n) is 3.71. The third-order valence-corrected chi connectivity index (χ3v) is 2.16. The van der Waals surface area contributed by atoms with Crippen LogP contribution in [0.1, 0.15) is 17.4 Å². The van der Waals surface area contributed by atoms with Gasteiger partial charge in [-0.3, -0.25) is 9.78 Å². The van der Waals surface area contributed by atoms with E-state index in [1.165, 1.54) is 12.4 Å². The summed E-state index contributed by atoms with van der Waals surface area (Å²) in [5.74, 6) is 1.50. The smallest absolute Gasteiger partial charge is 0.192 e. The van der Waals surface area contributed by atoms with E-state index >= 15 is 0 Å². The second kappa shape index (κ2) is 4.87. The van der Waals surface area contributed by atoms with Crippen molar-refractivity contribution in [1.82, 2.24) is 9.97 Å². The average molecular weight is 182 g/mol. The van der Waals surface area contributed by atoms with Crippen LogP contribution in [0, 0.1) is 0 Å². The summed E-state index contributed by atoms with van der Waals surface area (Å²) < 4.78 is 0. The number of hydrogen-bond acceptors (Lipinski definition) is 4. The van der Waals surface area contributed by atoms with Crippen LogP contribution < -0.4 is 0 Å². The van der Waals surface area contributed by atoms with E-state index in [-0.39, 0.29) is 5.78 Å². The summed E-state index contributed by atoms with van der Waals surface area (Å²) >= 11 is 1.59. The molecule has 12 heavy (non-hydrogen) atoms. The third-order valence-electron chi connectivity index (χ3n) is 1.29. The maximum atomic E-state index is 11.3. The summed E-state index contributed by atoms with van der Waals surface area (Å²) in [7, 11) is 0. The van der Waals surface area contributed by atoms with E-state index in [0.717, 1.165) is 5.75 Å². The lowest BCUT2D eigenvalue weighted by Crippen LogP contribution is -2.05. The van der Waals surface area contributed by atoms with Crippen molar-refractivity contribution in [2.24, 2.45) is 0 Å². The number of aromatic nitrogens is 2. The van der Waals surface area contributed by atoms with Gasteiger partial charge in [0.05, 0.1) is 11.9 Å². The number of Topliss-reactive ketones (excluding diaryl/α,β-unsaturated/α-hetero) is 1. The van der Waals surface area contributed by atoms with Crippen LogP contribution in [-0.4, -0.2) is 27.3 Å². The van der Waals surface area contributed by atoms with Gasteiger partial charge in [0.15, 0.2) is 5.78 Å². The van der Waals surface area contributed by atoms with Crippen molar-refractivity contribution >= 4 is 17.5 Å². The zero-order chi connectivity index (χ0) is 8.81. The Bertz CT molecular complexity index is 250. The highest BCUT2D eigenvalue weighted by atomic mass is 32.2. The van der Waals surface area contributed by atoms with E-state index in [4.69, 9.17) is 0 Å². The van der Waals surface area contributed by atoms with Gasteiger partial charge in [-0.25, -0.2) is 4.98 Å². The topological polar surface area (TPSA) is 42.9 Å². The molecule has 0 atom stereocenters. The lowest BCUT2D eigenvalue weighted by atomic mass is 10.3. The molecular weight excluding hydrogens is 172 g/mol. The molecule has 1 heterocycles.